The molecule has 0 heteroatoms. The van der Waals surface area contributed by atoms with E-state index in [1.807, 2.05) is 0 Å². The Bertz CT molecular complexity index is 451. The van der Waals surface area contributed by atoms with Crippen LogP contribution in [0.3, 0.4) is 0 Å². The van der Waals surface area contributed by atoms with Gasteiger partial charge in [-0.1, -0.05) is 69.0 Å². The second-order valence-electron chi connectivity index (χ2n) is 7.52. The summed E-state index contributed by atoms with van der Waals surface area (Å²) in [5, 5.41) is 0. The first-order valence-corrected chi connectivity index (χ1v) is 9.61. The predicted molar refractivity (Wildman–Crippen MR) is 96.4 cm³/mol. The summed E-state index contributed by atoms with van der Waals surface area (Å²) in [6.45, 7) is 2.31. The monoisotopic (exact) mass is 296 g/mol. The first-order chi connectivity index (χ1) is 10.9. The maximum absolute atomic E-state index is 2.43. The van der Waals surface area contributed by atoms with Crippen molar-refractivity contribution in [3.63, 3.8) is 0 Å². The normalized spacial score (nSPS) is 25.7. The van der Waals surface area contributed by atoms with Crippen molar-refractivity contribution in [2.24, 2.45) is 5.92 Å². The molecule has 1 saturated carbocycles. The molecule has 1 fully saturated rings. The highest BCUT2D eigenvalue weighted by molar-refractivity contribution is 5.29. The fourth-order valence-electron chi connectivity index (χ4n) is 4.40. The molecule has 0 atom stereocenters. The maximum atomic E-state index is 2.43. The zero-order valence-electron chi connectivity index (χ0n) is 14.3. The number of allylic oxidation sites excluding steroid dienone is 2. The van der Waals surface area contributed by atoms with Gasteiger partial charge in [0.15, 0.2) is 0 Å². The van der Waals surface area contributed by atoms with Crippen molar-refractivity contribution in [3.05, 3.63) is 47.5 Å². The molecule has 1 aromatic rings. The van der Waals surface area contributed by atoms with E-state index in [0.29, 0.717) is 0 Å². The smallest absolute Gasteiger partial charge is 0.00928 e. The summed E-state index contributed by atoms with van der Waals surface area (Å²) >= 11 is 0. The van der Waals surface area contributed by atoms with E-state index in [-0.39, 0.29) is 0 Å². The van der Waals surface area contributed by atoms with Crippen LogP contribution in [0.5, 0.6) is 0 Å². The standard InChI is InChI=1S/C22H32/c1-2-3-4-7-18-10-12-20(13-11-18)22-16-14-21(15-17-22)19-8-5-6-9-19/h5-6,14-20H,2-4,7-13H2,1H3. The topological polar surface area (TPSA) is 0 Å². The van der Waals surface area contributed by atoms with Gasteiger partial charge >= 0.3 is 0 Å². The molecular weight excluding hydrogens is 264 g/mol. The minimum atomic E-state index is 0.753. The molecule has 0 radical (unpaired) electrons. The lowest BCUT2D eigenvalue weighted by atomic mass is 9.77. The number of hydrogen-bond acceptors (Lipinski definition) is 0. The van der Waals surface area contributed by atoms with Crippen molar-refractivity contribution in [1.29, 1.82) is 0 Å². The minimum Gasteiger partial charge on any atom is -0.0879 e. The molecule has 0 unspecified atom stereocenters. The van der Waals surface area contributed by atoms with Gasteiger partial charge in [0.25, 0.3) is 0 Å². The van der Waals surface area contributed by atoms with E-state index >= 15 is 0 Å². The number of hydrogen-bond donors (Lipinski definition) is 0. The lowest BCUT2D eigenvalue weighted by Gasteiger charge is -2.29. The van der Waals surface area contributed by atoms with Gasteiger partial charge in [0.1, 0.15) is 0 Å². The van der Waals surface area contributed by atoms with Crippen LogP contribution in [0.15, 0.2) is 36.4 Å². The van der Waals surface area contributed by atoms with Crippen molar-refractivity contribution in [3.8, 4) is 0 Å². The van der Waals surface area contributed by atoms with Crippen LogP contribution in [0.2, 0.25) is 0 Å². The van der Waals surface area contributed by atoms with E-state index in [0.717, 1.165) is 17.8 Å². The molecule has 120 valence electrons. The highest BCUT2D eigenvalue weighted by Gasteiger charge is 2.22. The van der Waals surface area contributed by atoms with Crippen molar-refractivity contribution < 1.29 is 0 Å². The molecule has 0 heterocycles. The van der Waals surface area contributed by atoms with Crippen LogP contribution in [-0.2, 0) is 0 Å². The van der Waals surface area contributed by atoms with Gasteiger partial charge in [0.05, 0.1) is 0 Å². The van der Waals surface area contributed by atoms with Crippen LogP contribution in [0.4, 0.5) is 0 Å². The minimum absolute atomic E-state index is 0.753. The SMILES string of the molecule is CCCCCC1CCC(c2ccc(C3CC=CC3)cc2)CC1. The second-order valence-corrected chi connectivity index (χ2v) is 7.52. The van der Waals surface area contributed by atoms with Crippen molar-refractivity contribution >= 4 is 0 Å². The third-order valence-corrected chi connectivity index (χ3v) is 5.95. The molecule has 0 saturated heterocycles. The maximum Gasteiger partial charge on any atom is -0.00928 e. The average molecular weight is 296 g/mol. The first kappa shape index (κ1) is 15.8. The van der Waals surface area contributed by atoms with E-state index in [1.165, 1.54) is 64.2 Å². The molecule has 0 amide bonds. The molecule has 0 spiro atoms. The van der Waals surface area contributed by atoms with Crippen LogP contribution < -0.4 is 0 Å². The third kappa shape index (κ3) is 4.03. The third-order valence-electron chi connectivity index (χ3n) is 5.95. The Morgan fingerprint density at radius 2 is 1.36 bits per heavy atom. The van der Waals surface area contributed by atoms with Gasteiger partial charge in [-0.05, 0) is 67.4 Å². The molecule has 0 nitrogen and oxygen atoms in total. The molecule has 3 rings (SSSR count). The number of unbranched alkanes of at least 4 members (excludes halogenated alkanes) is 2. The largest absolute Gasteiger partial charge is 0.0879 e. The predicted octanol–water partition coefficient (Wildman–Crippen LogP) is 6.97. The second kappa shape index (κ2) is 7.99. The Labute approximate surface area is 137 Å². The van der Waals surface area contributed by atoms with Gasteiger partial charge in [0.2, 0.25) is 0 Å². The molecule has 0 aromatic heterocycles. The molecule has 22 heavy (non-hydrogen) atoms. The Morgan fingerprint density at radius 3 is 1.95 bits per heavy atom. The van der Waals surface area contributed by atoms with Gasteiger partial charge in [-0.2, -0.15) is 0 Å². The van der Waals surface area contributed by atoms with Gasteiger partial charge in [0, 0.05) is 0 Å². The van der Waals surface area contributed by atoms with Gasteiger partial charge in [-0.3, -0.25) is 0 Å². The van der Waals surface area contributed by atoms with Crippen LogP contribution in [-0.4, -0.2) is 0 Å². The summed E-state index contributed by atoms with van der Waals surface area (Å²) in [4.78, 5) is 0. The molecule has 1 aromatic carbocycles. The number of rotatable bonds is 6. The van der Waals surface area contributed by atoms with E-state index in [4.69, 9.17) is 0 Å². The van der Waals surface area contributed by atoms with Gasteiger partial charge < -0.3 is 0 Å². The molecule has 2 aliphatic carbocycles. The summed E-state index contributed by atoms with van der Waals surface area (Å²) in [7, 11) is 0. The summed E-state index contributed by atoms with van der Waals surface area (Å²) < 4.78 is 0. The zero-order chi connectivity index (χ0) is 15.2. The Morgan fingerprint density at radius 1 is 0.773 bits per heavy atom. The molecule has 0 aliphatic heterocycles. The van der Waals surface area contributed by atoms with E-state index in [1.54, 1.807) is 11.1 Å². The highest BCUT2D eigenvalue weighted by atomic mass is 14.3. The van der Waals surface area contributed by atoms with E-state index in [2.05, 4.69) is 43.3 Å². The van der Waals surface area contributed by atoms with Crippen molar-refractivity contribution in [2.45, 2.75) is 83.0 Å². The first-order valence-electron chi connectivity index (χ1n) is 9.61. The van der Waals surface area contributed by atoms with E-state index in [9.17, 15) is 0 Å². The van der Waals surface area contributed by atoms with Gasteiger partial charge in [-0.25, -0.2) is 0 Å². The summed E-state index contributed by atoms with van der Waals surface area (Å²) in [5.74, 6) is 2.60. The molecular formula is C22H32. The average Bonchev–Trinajstić information content (AvgIpc) is 3.11. The molecule has 2 aliphatic rings. The lowest BCUT2D eigenvalue weighted by Crippen LogP contribution is -2.13. The zero-order valence-corrected chi connectivity index (χ0v) is 14.3. The van der Waals surface area contributed by atoms with Crippen LogP contribution in [0.25, 0.3) is 0 Å². The lowest BCUT2D eigenvalue weighted by molar-refractivity contribution is 0.303. The summed E-state index contributed by atoms with van der Waals surface area (Å²) in [5.41, 5.74) is 3.14. The Hall–Kier alpha value is -1.04. The van der Waals surface area contributed by atoms with Crippen LogP contribution >= 0.6 is 0 Å². The Balaban J connectivity index is 1.48. The quantitative estimate of drug-likeness (QED) is 0.392. The fourth-order valence-corrected chi connectivity index (χ4v) is 4.40. The van der Waals surface area contributed by atoms with Crippen molar-refractivity contribution in [2.75, 3.05) is 0 Å². The summed E-state index contributed by atoms with van der Waals surface area (Å²) in [6.07, 6.45) is 18.6. The Kier molecular flexibility index (Phi) is 5.76. The molecule has 0 bridgehead atoms. The van der Waals surface area contributed by atoms with Gasteiger partial charge in [-0.15, -0.1) is 0 Å². The number of benzene rings is 1. The molecule has 0 N–H and O–H groups in total. The van der Waals surface area contributed by atoms with Crippen LogP contribution in [0, 0.1) is 5.92 Å². The fraction of sp³-hybridized carbons (Fsp3) is 0.636. The summed E-state index contributed by atoms with van der Waals surface area (Å²) in [6, 6.07) is 9.66. The highest BCUT2D eigenvalue weighted by Crippen LogP contribution is 2.38. The van der Waals surface area contributed by atoms with Crippen LogP contribution in [0.1, 0.15) is 94.1 Å². The van der Waals surface area contributed by atoms with Crippen molar-refractivity contribution in [1.82, 2.24) is 0 Å². The van der Waals surface area contributed by atoms with E-state index < -0.39 is 0 Å².